The first-order chi connectivity index (χ1) is 16.2. The van der Waals surface area contributed by atoms with Gasteiger partial charge in [0.2, 0.25) is 11.8 Å². The molecule has 3 aromatic rings. The minimum absolute atomic E-state index is 0.110. The number of carboxylic acids is 1. The predicted molar refractivity (Wildman–Crippen MR) is 131 cm³/mol. The van der Waals surface area contributed by atoms with Crippen molar-refractivity contribution in [1.29, 1.82) is 0 Å². The Hall–Kier alpha value is -3.32. The Morgan fingerprint density at radius 1 is 1.06 bits per heavy atom. The van der Waals surface area contributed by atoms with E-state index in [1.54, 1.807) is 36.4 Å². The third-order valence-electron chi connectivity index (χ3n) is 7.60. The molecule has 4 unspecified atom stereocenters. The van der Waals surface area contributed by atoms with Crippen LogP contribution in [0.3, 0.4) is 0 Å². The maximum atomic E-state index is 13.2. The van der Waals surface area contributed by atoms with E-state index >= 15 is 0 Å². The van der Waals surface area contributed by atoms with E-state index in [-0.39, 0.29) is 41.0 Å². The van der Waals surface area contributed by atoms with E-state index in [2.05, 4.69) is 28.9 Å². The molecule has 2 amide bonds. The number of halogens is 1. The van der Waals surface area contributed by atoms with Crippen LogP contribution in [0.5, 0.6) is 0 Å². The van der Waals surface area contributed by atoms with Crippen LogP contribution in [0.4, 0.5) is 5.69 Å². The van der Waals surface area contributed by atoms with Gasteiger partial charge in [-0.3, -0.25) is 14.5 Å². The number of aromatic carboxylic acids is 1. The van der Waals surface area contributed by atoms with Crippen LogP contribution in [0.15, 0.2) is 58.6 Å². The zero-order chi connectivity index (χ0) is 23.9. The van der Waals surface area contributed by atoms with E-state index in [9.17, 15) is 19.5 Å². The number of allylic oxidation sites excluding steroid dienone is 2. The smallest absolute Gasteiger partial charge is 0.336 e. The summed E-state index contributed by atoms with van der Waals surface area (Å²) in [5.41, 5.74) is 4.67. The van der Waals surface area contributed by atoms with E-state index in [1.165, 1.54) is 10.5 Å². The maximum absolute atomic E-state index is 13.2. The lowest BCUT2D eigenvalue weighted by molar-refractivity contribution is -0.123. The van der Waals surface area contributed by atoms with Crippen molar-refractivity contribution in [3.63, 3.8) is 0 Å². The number of hydrogen-bond donors (Lipinski definition) is 1. The lowest BCUT2D eigenvalue weighted by Gasteiger charge is -2.19. The molecular weight excluding hydrogens is 496 g/mol. The molecule has 6 rings (SSSR count). The SMILES string of the molecule is CC1=CC2CC1C1C(=O)N(c3ccc(-c4cc(C(=O)O)c5cc(Br)cc(C)c5n4)cc3)C(=O)C21. The van der Waals surface area contributed by atoms with Crippen LogP contribution in [-0.2, 0) is 9.59 Å². The fraction of sp³-hybridized carbons (Fsp3) is 0.259. The van der Waals surface area contributed by atoms with E-state index in [0.29, 0.717) is 27.8 Å². The maximum Gasteiger partial charge on any atom is 0.336 e. The van der Waals surface area contributed by atoms with Gasteiger partial charge in [-0.15, -0.1) is 0 Å². The third-order valence-corrected chi connectivity index (χ3v) is 8.06. The number of carbonyl (C=O) groups is 3. The number of pyridine rings is 1. The number of carbonyl (C=O) groups excluding carboxylic acids is 2. The second kappa shape index (κ2) is 7.34. The van der Waals surface area contributed by atoms with Crippen molar-refractivity contribution in [1.82, 2.24) is 4.98 Å². The van der Waals surface area contributed by atoms with Crippen LogP contribution in [0.1, 0.15) is 29.3 Å². The number of aromatic nitrogens is 1. The predicted octanol–water partition coefficient (Wildman–Crippen LogP) is 5.37. The van der Waals surface area contributed by atoms with Crippen LogP contribution in [0, 0.1) is 30.6 Å². The number of rotatable bonds is 3. The van der Waals surface area contributed by atoms with Gasteiger partial charge in [-0.25, -0.2) is 9.78 Å². The highest BCUT2D eigenvalue weighted by atomic mass is 79.9. The lowest BCUT2D eigenvalue weighted by Crippen LogP contribution is -2.32. The number of benzene rings is 2. The molecular formula is C27H21BrN2O4. The Morgan fingerprint density at radius 3 is 2.47 bits per heavy atom. The van der Waals surface area contributed by atoms with Crippen LogP contribution in [0.2, 0.25) is 0 Å². The second-order valence-corrected chi connectivity index (χ2v) is 10.4. The highest BCUT2D eigenvalue weighted by molar-refractivity contribution is 9.10. The van der Waals surface area contributed by atoms with Crippen molar-refractivity contribution in [3.05, 3.63) is 69.7 Å². The van der Waals surface area contributed by atoms with Gasteiger partial charge in [-0.2, -0.15) is 0 Å². The summed E-state index contributed by atoms with van der Waals surface area (Å²) >= 11 is 3.43. The summed E-state index contributed by atoms with van der Waals surface area (Å²) in [6, 6.07) is 12.3. The number of imide groups is 1. The van der Waals surface area contributed by atoms with Gasteiger partial charge in [0.1, 0.15) is 0 Å². The van der Waals surface area contributed by atoms with Gasteiger partial charge >= 0.3 is 5.97 Å². The van der Waals surface area contributed by atoms with Crippen molar-refractivity contribution in [2.75, 3.05) is 4.90 Å². The van der Waals surface area contributed by atoms with Crippen molar-refractivity contribution in [2.45, 2.75) is 20.3 Å². The number of hydrogen-bond acceptors (Lipinski definition) is 4. The Bertz CT molecular complexity index is 1460. The molecule has 1 aromatic heterocycles. The van der Waals surface area contributed by atoms with Crippen molar-refractivity contribution in [2.24, 2.45) is 23.7 Å². The zero-order valence-corrected chi connectivity index (χ0v) is 20.2. The minimum Gasteiger partial charge on any atom is -0.478 e. The Kier molecular flexibility index (Phi) is 4.58. The van der Waals surface area contributed by atoms with E-state index in [1.807, 2.05) is 13.0 Å². The molecule has 7 heteroatoms. The van der Waals surface area contributed by atoms with Gasteiger partial charge < -0.3 is 5.11 Å². The van der Waals surface area contributed by atoms with Gasteiger partial charge in [0.15, 0.2) is 0 Å². The molecule has 6 nitrogen and oxygen atoms in total. The first-order valence-electron chi connectivity index (χ1n) is 11.3. The van der Waals surface area contributed by atoms with E-state index in [0.717, 1.165) is 16.5 Å². The molecule has 2 aliphatic carbocycles. The number of aryl methyl sites for hydroxylation is 1. The topological polar surface area (TPSA) is 87.6 Å². The number of nitrogens with zero attached hydrogens (tertiary/aromatic N) is 2. The Balaban J connectivity index is 1.37. The normalized spacial score (nSPS) is 25.3. The first kappa shape index (κ1) is 21.2. The van der Waals surface area contributed by atoms with Gasteiger partial charge in [0.05, 0.1) is 34.3 Å². The molecule has 1 saturated heterocycles. The molecule has 0 radical (unpaired) electrons. The largest absolute Gasteiger partial charge is 0.478 e. The lowest BCUT2D eigenvalue weighted by atomic mass is 9.82. The van der Waals surface area contributed by atoms with Crippen LogP contribution in [-0.4, -0.2) is 27.9 Å². The molecule has 2 fully saturated rings. The fourth-order valence-electron chi connectivity index (χ4n) is 6.09. The molecule has 3 aliphatic rings. The standard InChI is InChI=1S/C27H21BrN2O4/c1-12-7-15-9-18(12)23-22(15)25(31)30(26(23)32)17-5-3-14(4-6-17)21-11-20(27(33)34)19-10-16(28)8-13(2)24(19)29-21/h3-8,10-11,15,18,22-23H,9H2,1-2H3,(H,33,34). The number of amides is 2. The number of carboxylic acid groups (broad SMARTS) is 1. The molecule has 4 atom stereocenters. The third kappa shape index (κ3) is 2.92. The molecule has 1 aliphatic heterocycles. The Morgan fingerprint density at radius 2 is 1.76 bits per heavy atom. The average molecular weight is 517 g/mol. The quantitative estimate of drug-likeness (QED) is 0.373. The summed E-state index contributed by atoms with van der Waals surface area (Å²) in [4.78, 5) is 44.4. The summed E-state index contributed by atoms with van der Waals surface area (Å²) < 4.78 is 0.794. The van der Waals surface area contributed by atoms with Crippen LogP contribution in [0.25, 0.3) is 22.2 Å². The molecule has 1 saturated carbocycles. The van der Waals surface area contributed by atoms with Gasteiger partial charge in [-0.05, 0) is 68.0 Å². The summed E-state index contributed by atoms with van der Waals surface area (Å²) in [7, 11) is 0. The summed E-state index contributed by atoms with van der Waals surface area (Å²) in [6.07, 6.45) is 3.07. The van der Waals surface area contributed by atoms with Crippen molar-refractivity contribution in [3.8, 4) is 11.3 Å². The van der Waals surface area contributed by atoms with Gasteiger partial charge in [0.25, 0.3) is 0 Å². The monoisotopic (exact) mass is 516 g/mol. The second-order valence-electron chi connectivity index (χ2n) is 9.51. The molecule has 34 heavy (non-hydrogen) atoms. The van der Waals surface area contributed by atoms with E-state index < -0.39 is 5.97 Å². The minimum atomic E-state index is -1.03. The molecule has 170 valence electrons. The van der Waals surface area contributed by atoms with Crippen molar-refractivity contribution < 1.29 is 19.5 Å². The summed E-state index contributed by atoms with van der Waals surface area (Å²) in [5.74, 6) is -1.40. The number of anilines is 1. The first-order valence-corrected chi connectivity index (χ1v) is 12.0. The van der Waals surface area contributed by atoms with Crippen molar-refractivity contribution >= 4 is 50.3 Å². The fourth-order valence-corrected chi connectivity index (χ4v) is 6.66. The van der Waals surface area contributed by atoms with E-state index in [4.69, 9.17) is 4.98 Å². The van der Waals surface area contributed by atoms with Gasteiger partial charge in [-0.1, -0.05) is 39.7 Å². The molecule has 2 heterocycles. The van der Waals surface area contributed by atoms with Crippen LogP contribution < -0.4 is 4.90 Å². The molecule has 2 aromatic carbocycles. The highest BCUT2D eigenvalue weighted by Gasteiger charge is 2.60. The average Bonchev–Trinajstić information content (AvgIpc) is 3.43. The van der Waals surface area contributed by atoms with Gasteiger partial charge in [0, 0.05) is 15.4 Å². The zero-order valence-electron chi connectivity index (χ0n) is 18.6. The summed E-state index contributed by atoms with van der Waals surface area (Å²) in [5, 5.41) is 10.4. The summed E-state index contributed by atoms with van der Waals surface area (Å²) in [6.45, 7) is 3.95. The molecule has 2 bridgehead atoms. The Labute approximate surface area is 204 Å². The molecule has 1 N–H and O–H groups in total. The highest BCUT2D eigenvalue weighted by Crippen LogP contribution is 2.55. The van der Waals surface area contributed by atoms with Crippen LogP contribution >= 0.6 is 15.9 Å². The molecule has 0 spiro atoms. The number of fused-ring (bicyclic) bond motifs is 6.